The summed E-state index contributed by atoms with van der Waals surface area (Å²) in [6.07, 6.45) is 1.54. The van der Waals surface area contributed by atoms with Crippen molar-refractivity contribution in [1.29, 1.82) is 0 Å². The lowest BCUT2D eigenvalue weighted by molar-refractivity contribution is 0.376. The molecular formula is C36H19F5N2. The van der Waals surface area contributed by atoms with Gasteiger partial charge in [0.1, 0.15) is 5.69 Å². The zero-order valence-electron chi connectivity index (χ0n) is 22.3. The number of nitrogens with zero attached hydrogens (tertiary/aromatic N) is 2. The fourth-order valence-corrected chi connectivity index (χ4v) is 6.80. The van der Waals surface area contributed by atoms with Crippen molar-refractivity contribution < 1.29 is 22.0 Å². The maximum atomic E-state index is 15.3. The third kappa shape index (κ3) is 3.24. The minimum Gasteiger partial charge on any atom is -0.302 e. The van der Waals surface area contributed by atoms with E-state index in [-0.39, 0.29) is 11.0 Å². The third-order valence-electron chi connectivity index (χ3n) is 8.51. The van der Waals surface area contributed by atoms with Crippen LogP contribution in [0.1, 0.15) is 22.3 Å². The highest BCUT2D eigenvalue weighted by molar-refractivity contribution is 6.10. The van der Waals surface area contributed by atoms with Crippen LogP contribution in [0.25, 0.3) is 38.8 Å². The Labute approximate surface area is 242 Å². The first-order valence-corrected chi connectivity index (χ1v) is 13.6. The maximum absolute atomic E-state index is 15.3. The van der Waals surface area contributed by atoms with E-state index in [1.165, 1.54) is 6.20 Å². The van der Waals surface area contributed by atoms with Gasteiger partial charge in [0.05, 0.1) is 22.0 Å². The fourth-order valence-electron chi connectivity index (χ4n) is 6.80. The number of hydrogen-bond acceptors (Lipinski definition) is 1. The highest BCUT2D eigenvalue weighted by Gasteiger charge is 2.46. The van der Waals surface area contributed by atoms with E-state index >= 15 is 8.78 Å². The SMILES string of the molecule is Fc1c(F)c(F)c(-n2c3cc4c(cc3c3ncccc32)C(c2ccccc2)(c2ccccc2)c2ccccc2-4)c(F)c1F. The van der Waals surface area contributed by atoms with Gasteiger partial charge in [-0.25, -0.2) is 22.0 Å². The van der Waals surface area contributed by atoms with Crippen molar-refractivity contribution in [2.45, 2.75) is 5.41 Å². The number of fused-ring (bicyclic) bond motifs is 6. The second kappa shape index (κ2) is 9.10. The number of hydrogen-bond donors (Lipinski definition) is 0. The molecule has 0 bridgehead atoms. The summed E-state index contributed by atoms with van der Waals surface area (Å²) in [6, 6.07) is 34.9. The molecule has 0 saturated heterocycles. The third-order valence-corrected chi connectivity index (χ3v) is 8.51. The molecule has 5 aromatic carbocycles. The van der Waals surface area contributed by atoms with Gasteiger partial charge < -0.3 is 4.57 Å². The number of rotatable bonds is 3. The largest absolute Gasteiger partial charge is 0.302 e. The van der Waals surface area contributed by atoms with E-state index < -0.39 is 40.2 Å². The van der Waals surface area contributed by atoms with Crippen LogP contribution in [0, 0.1) is 29.1 Å². The molecule has 2 heterocycles. The monoisotopic (exact) mass is 574 g/mol. The predicted molar refractivity (Wildman–Crippen MR) is 156 cm³/mol. The molecule has 7 heteroatoms. The first-order valence-electron chi connectivity index (χ1n) is 13.6. The number of benzene rings is 5. The van der Waals surface area contributed by atoms with Crippen LogP contribution in [-0.4, -0.2) is 9.55 Å². The van der Waals surface area contributed by atoms with Gasteiger partial charge in [-0.05, 0) is 57.6 Å². The molecule has 208 valence electrons. The van der Waals surface area contributed by atoms with Gasteiger partial charge in [-0.2, -0.15) is 0 Å². The van der Waals surface area contributed by atoms with E-state index in [0.29, 0.717) is 10.9 Å². The second-order valence-electron chi connectivity index (χ2n) is 10.6. The van der Waals surface area contributed by atoms with Gasteiger partial charge in [-0.1, -0.05) is 84.9 Å². The smallest absolute Gasteiger partial charge is 0.200 e. The molecule has 0 N–H and O–H groups in total. The average molecular weight is 575 g/mol. The fraction of sp³-hybridized carbons (Fsp3) is 0.0278. The van der Waals surface area contributed by atoms with Crippen molar-refractivity contribution in [2.75, 3.05) is 0 Å². The highest BCUT2D eigenvalue weighted by atomic mass is 19.2. The minimum atomic E-state index is -2.21. The first-order chi connectivity index (χ1) is 20.9. The summed E-state index contributed by atoms with van der Waals surface area (Å²) in [7, 11) is 0. The molecule has 2 aromatic heterocycles. The second-order valence-corrected chi connectivity index (χ2v) is 10.6. The Hall–Kier alpha value is -5.30. The highest BCUT2D eigenvalue weighted by Crippen LogP contribution is 2.57. The van der Waals surface area contributed by atoms with E-state index in [2.05, 4.69) is 35.3 Å². The van der Waals surface area contributed by atoms with Gasteiger partial charge in [0.2, 0.25) is 5.82 Å². The molecule has 0 fully saturated rings. The number of pyridine rings is 1. The normalized spacial score (nSPS) is 13.4. The van der Waals surface area contributed by atoms with Crippen molar-refractivity contribution in [3.8, 4) is 16.8 Å². The van der Waals surface area contributed by atoms with Gasteiger partial charge in [0.25, 0.3) is 0 Å². The van der Waals surface area contributed by atoms with E-state index in [0.717, 1.165) is 37.9 Å². The van der Waals surface area contributed by atoms with Crippen LogP contribution in [0.2, 0.25) is 0 Å². The molecule has 8 rings (SSSR count). The molecule has 7 aromatic rings. The molecule has 1 aliphatic carbocycles. The lowest BCUT2D eigenvalue weighted by atomic mass is 9.67. The van der Waals surface area contributed by atoms with Gasteiger partial charge in [-0.3, -0.25) is 4.98 Å². The molecular weight excluding hydrogens is 555 g/mol. The van der Waals surface area contributed by atoms with Crippen molar-refractivity contribution in [3.05, 3.63) is 167 Å². The van der Waals surface area contributed by atoms with Crippen LogP contribution < -0.4 is 0 Å². The van der Waals surface area contributed by atoms with E-state index in [1.54, 1.807) is 18.2 Å². The predicted octanol–water partition coefficient (Wildman–Crippen LogP) is 9.24. The van der Waals surface area contributed by atoms with E-state index in [9.17, 15) is 13.2 Å². The number of halogens is 5. The molecule has 0 radical (unpaired) electrons. The lowest BCUT2D eigenvalue weighted by Gasteiger charge is -2.33. The van der Waals surface area contributed by atoms with Gasteiger partial charge in [-0.15, -0.1) is 0 Å². The van der Waals surface area contributed by atoms with Crippen molar-refractivity contribution in [3.63, 3.8) is 0 Å². The van der Waals surface area contributed by atoms with Crippen LogP contribution >= 0.6 is 0 Å². The summed E-state index contributed by atoms with van der Waals surface area (Å²) in [5, 5.41) is 0.516. The Kier molecular flexibility index (Phi) is 5.38. The van der Waals surface area contributed by atoms with E-state index in [1.807, 2.05) is 60.7 Å². The molecule has 0 unspecified atom stereocenters. The van der Waals surface area contributed by atoms with Gasteiger partial charge in [0, 0.05) is 11.6 Å². The summed E-state index contributed by atoms with van der Waals surface area (Å²) >= 11 is 0. The minimum absolute atomic E-state index is 0.211. The van der Waals surface area contributed by atoms with Crippen LogP contribution in [0.4, 0.5) is 22.0 Å². The Bertz CT molecular complexity index is 2170. The summed E-state index contributed by atoms with van der Waals surface area (Å²) in [5.74, 6) is -10.0. The Morgan fingerprint density at radius 3 is 1.74 bits per heavy atom. The number of aromatic nitrogens is 2. The maximum Gasteiger partial charge on any atom is 0.200 e. The molecule has 1 aliphatic rings. The Balaban J connectivity index is 1.57. The summed E-state index contributed by atoms with van der Waals surface area (Å²) in [6.45, 7) is 0. The Morgan fingerprint density at radius 1 is 0.512 bits per heavy atom. The quantitative estimate of drug-likeness (QED) is 0.117. The Morgan fingerprint density at radius 2 is 1.09 bits per heavy atom. The summed E-state index contributed by atoms with van der Waals surface area (Å²) in [5.41, 5.74) is 4.68. The summed E-state index contributed by atoms with van der Waals surface area (Å²) < 4.78 is 74.8. The van der Waals surface area contributed by atoms with Gasteiger partial charge >= 0.3 is 0 Å². The zero-order chi connectivity index (χ0) is 29.5. The van der Waals surface area contributed by atoms with Crippen LogP contribution in [0.15, 0.2) is 115 Å². The molecule has 0 atom stereocenters. The lowest BCUT2D eigenvalue weighted by Crippen LogP contribution is -2.28. The molecule has 2 nitrogen and oxygen atoms in total. The van der Waals surface area contributed by atoms with E-state index in [4.69, 9.17) is 0 Å². The molecule has 0 amide bonds. The average Bonchev–Trinajstić information content (AvgIpc) is 3.53. The van der Waals surface area contributed by atoms with Crippen LogP contribution in [0.3, 0.4) is 0 Å². The molecule has 0 spiro atoms. The topological polar surface area (TPSA) is 17.8 Å². The summed E-state index contributed by atoms with van der Waals surface area (Å²) in [4.78, 5) is 4.52. The first kappa shape index (κ1) is 25.4. The van der Waals surface area contributed by atoms with Crippen LogP contribution in [0.5, 0.6) is 0 Å². The molecule has 0 saturated carbocycles. The molecule has 0 aliphatic heterocycles. The zero-order valence-corrected chi connectivity index (χ0v) is 22.3. The van der Waals surface area contributed by atoms with Crippen molar-refractivity contribution in [2.24, 2.45) is 0 Å². The van der Waals surface area contributed by atoms with Crippen LogP contribution in [-0.2, 0) is 5.41 Å². The van der Waals surface area contributed by atoms with Crippen molar-refractivity contribution in [1.82, 2.24) is 9.55 Å². The van der Waals surface area contributed by atoms with Gasteiger partial charge in [0.15, 0.2) is 23.3 Å². The van der Waals surface area contributed by atoms with Crippen molar-refractivity contribution >= 4 is 21.9 Å². The molecule has 43 heavy (non-hydrogen) atoms. The standard InChI is InChI=1S/C36H19F5N2/c37-29-30(38)32(40)35(33(41)31(29)39)43-27-16-9-17-42-34(27)24-18-26-23(19-28(24)43)22-14-7-8-15-25(22)36(26,20-10-3-1-4-11-20)21-12-5-2-6-13-21/h1-19H.